The molecule has 0 unspecified atom stereocenters. The largest absolute Gasteiger partial charge is 0.416 e. The van der Waals surface area contributed by atoms with Gasteiger partial charge < -0.3 is 15.1 Å². The Balaban J connectivity index is 1.52. The molecule has 31 heavy (non-hydrogen) atoms. The van der Waals surface area contributed by atoms with Gasteiger partial charge >= 0.3 is 6.18 Å². The average Bonchev–Trinajstić information content (AvgIpc) is 3.27. The van der Waals surface area contributed by atoms with Crippen LogP contribution in [-0.2, 0) is 15.8 Å². The highest BCUT2D eigenvalue weighted by Gasteiger charge is 2.35. The summed E-state index contributed by atoms with van der Waals surface area (Å²) in [6, 6.07) is 2.50. The van der Waals surface area contributed by atoms with E-state index in [9.17, 15) is 32.9 Å². The molecule has 1 N–H and O–H groups in total. The van der Waals surface area contributed by atoms with E-state index in [0.717, 1.165) is 38.1 Å². The standard InChI is InChI=1S/C20H25F3N4O4/c21-20(22,23)15-3-4-16(17(13-15)27(30)31)25-11-6-14(7-12-25)19(29)24-8-5-18(28)26-9-1-2-10-26/h3-4,13-14H,1-2,5-12H2,(H,24,29). The maximum absolute atomic E-state index is 12.9. The fourth-order valence-electron chi connectivity index (χ4n) is 4.06. The van der Waals surface area contributed by atoms with Gasteiger partial charge in [0, 0.05) is 51.1 Å². The van der Waals surface area contributed by atoms with Gasteiger partial charge in [0.1, 0.15) is 5.69 Å². The van der Waals surface area contributed by atoms with Crippen LogP contribution in [0, 0.1) is 16.0 Å². The molecule has 2 amide bonds. The topological polar surface area (TPSA) is 95.8 Å². The molecule has 11 heteroatoms. The minimum atomic E-state index is -4.66. The van der Waals surface area contributed by atoms with Gasteiger partial charge in [-0.1, -0.05) is 0 Å². The molecule has 0 aliphatic carbocycles. The first kappa shape index (κ1) is 22.8. The molecule has 0 atom stereocenters. The molecule has 0 spiro atoms. The lowest BCUT2D eigenvalue weighted by molar-refractivity contribution is -0.384. The van der Waals surface area contributed by atoms with Crippen LogP contribution in [0.5, 0.6) is 0 Å². The van der Waals surface area contributed by atoms with E-state index in [1.807, 2.05) is 0 Å². The van der Waals surface area contributed by atoms with Crippen LogP contribution >= 0.6 is 0 Å². The zero-order valence-electron chi connectivity index (χ0n) is 17.0. The number of halogens is 3. The van der Waals surface area contributed by atoms with Crippen molar-refractivity contribution >= 4 is 23.2 Å². The second-order valence-electron chi connectivity index (χ2n) is 7.85. The lowest BCUT2D eigenvalue weighted by Gasteiger charge is -2.32. The summed E-state index contributed by atoms with van der Waals surface area (Å²) in [7, 11) is 0. The predicted octanol–water partition coefficient (Wildman–Crippen LogP) is 2.96. The van der Waals surface area contributed by atoms with Crippen LogP contribution in [-0.4, -0.2) is 54.4 Å². The van der Waals surface area contributed by atoms with Gasteiger partial charge in [-0.2, -0.15) is 13.2 Å². The summed E-state index contributed by atoms with van der Waals surface area (Å²) in [6.45, 7) is 2.43. The van der Waals surface area contributed by atoms with E-state index < -0.39 is 22.4 Å². The summed E-state index contributed by atoms with van der Waals surface area (Å²) in [5, 5.41) is 14.1. The van der Waals surface area contributed by atoms with E-state index in [0.29, 0.717) is 32.0 Å². The molecule has 2 saturated heterocycles. The van der Waals surface area contributed by atoms with Gasteiger partial charge in [-0.05, 0) is 37.8 Å². The summed E-state index contributed by atoms with van der Waals surface area (Å²) < 4.78 is 38.6. The van der Waals surface area contributed by atoms with E-state index >= 15 is 0 Å². The second-order valence-corrected chi connectivity index (χ2v) is 7.85. The molecular formula is C20H25F3N4O4. The third-order valence-corrected chi connectivity index (χ3v) is 5.80. The van der Waals surface area contributed by atoms with Crippen molar-refractivity contribution in [3.63, 3.8) is 0 Å². The maximum Gasteiger partial charge on any atom is 0.416 e. The highest BCUT2D eigenvalue weighted by Crippen LogP contribution is 2.37. The van der Waals surface area contributed by atoms with Crippen molar-refractivity contribution in [3.05, 3.63) is 33.9 Å². The fourth-order valence-corrected chi connectivity index (χ4v) is 4.06. The molecule has 3 rings (SSSR count). The van der Waals surface area contributed by atoms with Crippen LogP contribution in [0.15, 0.2) is 18.2 Å². The number of alkyl halides is 3. The van der Waals surface area contributed by atoms with Crippen molar-refractivity contribution < 1.29 is 27.7 Å². The van der Waals surface area contributed by atoms with E-state index in [1.54, 1.807) is 9.80 Å². The molecule has 170 valence electrons. The van der Waals surface area contributed by atoms with Crippen LogP contribution in [0.1, 0.15) is 37.7 Å². The number of benzene rings is 1. The van der Waals surface area contributed by atoms with Crippen molar-refractivity contribution in [2.45, 2.75) is 38.3 Å². The van der Waals surface area contributed by atoms with Gasteiger partial charge in [0.05, 0.1) is 10.5 Å². The Labute approximate surface area is 177 Å². The first-order chi connectivity index (χ1) is 14.7. The Hall–Kier alpha value is -2.85. The number of anilines is 1. The Morgan fingerprint density at radius 1 is 1.13 bits per heavy atom. The summed E-state index contributed by atoms with van der Waals surface area (Å²) in [5.74, 6) is -0.440. The van der Waals surface area contributed by atoms with E-state index in [1.165, 1.54) is 0 Å². The van der Waals surface area contributed by atoms with Crippen molar-refractivity contribution in [2.24, 2.45) is 5.92 Å². The predicted molar refractivity (Wildman–Crippen MR) is 106 cm³/mol. The molecule has 0 aromatic heterocycles. The first-order valence-electron chi connectivity index (χ1n) is 10.3. The third kappa shape index (κ3) is 5.65. The summed E-state index contributed by atoms with van der Waals surface area (Å²) in [5.41, 5.74) is -1.55. The van der Waals surface area contributed by atoms with Gasteiger partial charge in [-0.25, -0.2) is 0 Å². The van der Waals surface area contributed by atoms with Gasteiger partial charge in [0.25, 0.3) is 5.69 Å². The van der Waals surface area contributed by atoms with E-state index in [-0.39, 0.29) is 36.4 Å². The third-order valence-electron chi connectivity index (χ3n) is 5.80. The maximum atomic E-state index is 12.9. The molecule has 0 saturated carbocycles. The Morgan fingerprint density at radius 2 is 1.77 bits per heavy atom. The van der Waals surface area contributed by atoms with Crippen molar-refractivity contribution in [3.8, 4) is 0 Å². The smallest absolute Gasteiger partial charge is 0.366 e. The number of nitro groups is 1. The highest BCUT2D eigenvalue weighted by molar-refractivity contribution is 5.81. The lowest BCUT2D eigenvalue weighted by Crippen LogP contribution is -2.41. The number of piperidine rings is 1. The van der Waals surface area contributed by atoms with Crippen LogP contribution in [0.4, 0.5) is 24.5 Å². The van der Waals surface area contributed by atoms with Crippen molar-refractivity contribution in [2.75, 3.05) is 37.6 Å². The molecule has 2 aliphatic rings. The number of nitro benzene ring substituents is 1. The molecule has 2 aliphatic heterocycles. The number of hydrogen-bond acceptors (Lipinski definition) is 5. The molecule has 2 heterocycles. The number of carbonyl (C=O) groups is 2. The fraction of sp³-hybridized carbons (Fsp3) is 0.600. The Bertz CT molecular complexity index is 832. The van der Waals surface area contributed by atoms with Crippen LogP contribution < -0.4 is 10.2 Å². The molecule has 1 aromatic carbocycles. The van der Waals surface area contributed by atoms with Crippen LogP contribution in [0.25, 0.3) is 0 Å². The molecule has 2 fully saturated rings. The second kappa shape index (κ2) is 9.52. The summed E-state index contributed by atoms with van der Waals surface area (Å²) in [4.78, 5) is 38.3. The van der Waals surface area contributed by atoms with Gasteiger partial charge in [-0.3, -0.25) is 19.7 Å². The molecule has 1 aromatic rings. The molecule has 0 radical (unpaired) electrons. The summed E-state index contributed by atoms with van der Waals surface area (Å²) >= 11 is 0. The van der Waals surface area contributed by atoms with Gasteiger partial charge in [0.2, 0.25) is 11.8 Å². The SMILES string of the molecule is O=C(NCCC(=O)N1CCCC1)C1CCN(c2ccc(C(F)(F)F)cc2[N+](=O)[O-])CC1. The van der Waals surface area contributed by atoms with Crippen molar-refractivity contribution in [1.82, 2.24) is 10.2 Å². The van der Waals surface area contributed by atoms with Gasteiger partial charge in [0.15, 0.2) is 0 Å². The van der Waals surface area contributed by atoms with Crippen molar-refractivity contribution in [1.29, 1.82) is 0 Å². The van der Waals surface area contributed by atoms with E-state index in [2.05, 4.69) is 5.32 Å². The number of nitrogens with zero attached hydrogens (tertiary/aromatic N) is 3. The molecule has 0 bridgehead atoms. The minimum absolute atomic E-state index is 0.0298. The average molecular weight is 442 g/mol. The number of likely N-dealkylation sites (tertiary alicyclic amines) is 1. The number of amides is 2. The zero-order chi connectivity index (χ0) is 22.6. The minimum Gasteiger partial charge on any atom is -0.366 e. The molecular weight excluding hydrogens is 417 g/mol. The highest BCUT2D eigenvalue weighted by atomic mass is 19.4. The monoisotopic (exact) mass is 442 g/mol. The molecule has 8 nitrogen and oxygen atoms in total. The van der Waals surface area contributed by atoms with Gasteiger partial charge in [-0.15, -0.1) is 0 Å². The van der Waals surface area contributed by atoms with Crippen LogP contribution in [0.2, 0.25) is 0 Å². The lowest BCUT2D eigenvalue weighted by atomic mass is 9.95. The Kier molecular flexibility index (Phi) is 7.01. The number of rotatable bonds is 6. The Morgan fingerprint density at radius 3 is 2.35 bits per heavy atom. The van der Waals surface area contributed by atoms with E-state index in [4.69, 9.17) is 0 Å². The van der Waals surface area contributed by atoms with Crippen LogP contribution in [0.3, 0.4) is 0 Å². The number of hydrogen-bond donors (Lipinski definition) is 1. The zero-order valence-corrected chi connectivity index (χ0v) is 17.0. The number of carbonyl (C=O) groups excluding carboxylic acids is 2. The summed E-state index contributed by atoms with van der Waals surface area (Å²) in [6.07, 6.45) is -1.55. The number of nitrogens with one attached hydrogen (secondary N) is 1. The quantitative estimate of drug-likeness (QED) is 0.540. The normalized spacial score (nSPS) is 17.6. The first-order valence-corrected chi connectivity index (χ1v) is 10.3.